The van der Waals surface area contributed by atoms with E-state index in [1.807, 2.05) is 0 Å². The SMILES string of the molecule is OC(C1=COCCC1)C1CCOCC1. The van der Waals surface area contributed by atoms with Crippen LogP contribution < -0.4 is 0 Å². The van der Waals surface area contributed by atoms with Crippen LogP contribution in [0.2, 0.25) is 0 Å². The summed E-state index contributed by atoms with van der Waals surface area (Å²) in [6, 6.07) is 0. The van der Waals surface area contributed by atoms with E-state index in [0.717, 1.165) is 51.1 Å². The summed E-state index contributed by atoms with van der Waals surface area (Å²) in [6.45, 7) is 2.37. The minimum absolute atomic E-state index is 0.306. The summed E-state index contributed by atoms with van der Waals surface area (Å²) in [7, 11) is 0. The maximum absolute atomic E-state index is 10.1. The lowest BCUT2D eigenvalue weighted by Crippen LogP contribution is -2.29. The molecule has 0 bridgehead atoms. The van der Waals surface area contributed by atoms with Crippen molar-refractivity contribution in [1.29, 1.82) is 0 Å². The Morgan fingerprint density at radius 3 is 2.71 bits per heavy atom. The Labute approximate surface area is 84.7 Å². The molecule has 0 aromatic carbocycles. The molecule has 0 aliphatic carbocycles. The molecule has 0 spiro atoms. The Hall–Kier alpha value is -0.540. The van der Waals surface area contributed by atoms with Crippen molar-refractivity contribution in [1.82, 2.24) is 0 Å². The fourth-order valence-corrected chi connectivity index (χ4v) is 2.14. The predicted molar refractivity (Wildman–Crippen MR) is 52.8 cm³/mol. The quantitative estimate of drug-likeness (QED) is 0.730. The van der Waals surface area contributed by atoms with E-state index in [2.05, 4.69) is 0 Å². The number of aliphatic hydroxyl groups is 1. The minimum atomic E-state index is -0.306. The topological polar surface area (TPSA) is 38.7 Å². The zero-order chi connectivity index (χ0) is 9.80. The fraction of sp³-hybridized carbons (Fsp3) is 0.818. The molecular formula is C11H18O3. The summed E-state index contributed by atoms with van der Waals surface area (Å²) in [4.78, 5) is 0. The summed E-state index contributed by atoms with van der Waals surface area (Å²) in [6.07, 6.45) is 5.41. The average Bonchev–Trinajstić information content (AvgIpc) is 2.30. The summed E-state index contributed by atoms with van der Waals surface area (Å²) in [5.74, 6) is 0.372. The van der Waals surface area contributed by atoms with E-state index >= 15 is 0 Å². The van der Waals surface area contributed by atoms with E-state index < -0.39 is 0 Å². The number of hydrogen-bond acceptors (Lipinski definition) is 3. The number of aliphatic hydroxyl groups excluding tert-OH is 1. The van der Waals surface area contributed by atoms with Crippen LogP contribution in [0.1, 0.15) is 25.7 Å². The van der Waals surface area contributed by atoms with E-state index in [9.17, 15) is 5.11 Å². The van der Waals surface area contributed by atoms with Crippen molar-refractivity contribution >= 4 is 0 Å². The van der Waals surface area contributed by atoms with Crippen LogP contribution in [-0.4, -0.2) is 31.0 Å². The molecular weight excluding hydrogens is 180 g/mol. The second-order valence-corrected chi connectivity index (χ2v) is 4.06. The van der Waals surface area contributed by atoms with Gasteiger partial charge in [0.05, 0.1) is 19.0 Å². The van der Waals surface area contributed by atoms with Gasteiger partial charge >= 0.3 is 0 Å². The molecule has 14 heavy (non-hydrogen) atoms. The van der Waals surface area contributed by atoms with Crippen LogP contribution in [0, 0.1) is 5.92 Å². The Bertz CT molecular complexity index is 207. The molecule has 1 unspecified atom stereocenters. The molecule has 0 aromatic heterocycles. The lowest BCUT2D eigenvalue weighted by molar-refractivity contribution is 0.0171. The maximum atomic E-state index is 10.1. The van der Waals surface area contributed by atoms with Crippen molar-refractivity contribution in [2.24, 2.45) is 5.92 Å². The van der Waals surface area contributed by atoms with Crippen molar-refractivity contribution in [3.05, 3.63) is 11.8 Å². The van der Waals surface area contributed by atoms with E-state index in [4.69, 9.17) is 9.47 Å². The van der Waals surface area contributed by atoms with Crippen LogP contribution in [0.15, 0.2) is 11.8 Å². The van der Waals surface area contributed by atoms with Crippen molar-refractivity contribution < 1.29 is 14.6 Å². The van der Waals surface area contributed by atoms with Gasteiger partial charge in [0, 0.05) is 13.2 Å². The van der Waals surface area contributed by atoms with Gasteiger partial charge in [-0.1, -0.05) is 0 Å². The van der Waals surface area contributed by atoms with Crippen LogP contribution in [0.25, 0.3) is 0 Å². The van der Waals surface area contributed by atoms with E-state index in [0.29, 0.717) is 5.92 Å². The van der Waals surface area contributed by atoms with Gasteiger partial charge in [-0.2, -0.15) is 0 Å². The number of hydrogen-bond donors (Lipinski definition) is 1. The van der Waals surface area contributed by atoms with Gasteiger partial charge in [0.15, 0.2) is 0 Å². The average molecular weight is 198 g/mol. The van der Waals surface area contributed by atoms with Gasteiger partial charge in [-0.25, -0.2) is 0 Å². The van der Waals surface area contributed by atoms with E-state index in [1.54, 1.807) is 6.26 Å². The summed E-state index contributed by atoms with van der Waals surface area (Å²) >= 11 is 0. The smallest absolute Gasteiger partial charge is 0.0876 e. The molecule has 1 saturated heterocycles. The number of rotatable bonds is 2. The molecule has 0 aromatic rings. The summed E-state index contributed by atoms with van der Waals surface area (Å²) in [5, 5.41) is 10.1. The van der Waals surface area contributed by atoms with Crippen molar-refractivity contribution in [2.45, 2.75) is 31.8 Å². The number of ether oxygens (including phenoxy) is 2. The summed E-state index contributed by atoms with van der Waals surface area (Å²) < 4.78 is 10.5. The Balaban J connectivity index is 1.91. The van der Waals surface area contributed by atoms with E-state index in [1.165, 1.54) is 0 Å². The highest BCUT2D eigenvalue weighted by Gasteiger charge is 2.25. The zero-order valence-electron chi connectivity index (χ0n) is 8.45. The van der Waals surface area contributed by atoms with Crippen LogP contribution in [0.3, 0.4) is 0 Å². The fourth-order valence-electron chi connectivity index (χ4n) is 2.14. The molecule has 2 aliphatic rings. The standard InChI is InChI=1S/C11H18O3/c12-11(9-3-6-13-7-4-9)10-2-1-5-14-8-10/h8-9,11-12H,1-7H2. The molecule has 1 fully saturated rings. The lowest BCUT2D eigenvalue weighted by atomic mass is 9.87. The molecule has 2 aliphatic heterocycles. The lowest BCUT2D eigenvalue weighted by Gasteiger charge is -2.29. The van der Waals surface area contributed by atoms with Crippen LogP contribution >= 0.6 is 0 Å². The van der Waals surface area contributed by atoms with Gasteiger partial charge in [0.25, 0.3) is 0 Å². The first kappa shape index (κ1) is 9.99. The molecule has 80 valence electrons. The van der Waals surface area contributed by atoms with Crippen molar-refractivity contribution in [2.75, 3.05) is 19.8 Å². The Kier molecular flexibility index (Phi) is 3.43. The molecule has 0 amide bonds. The zero-order valence-corrected chi connectivity index (χ0v) is 8.45. The first-order chi connectivity index (χ1) is 6.88. The third kappa shape index (κ3) is 2.28. The van der Waals surface area contributed by atoms with Gasteiger partial charge < -0.3 is 14.6 Å². The Morgan fingerprint density at radius 2 is 2.07 bits per heavy atom. The van der Waals surface area contributed by atoms with Crippen molar-refractivity contribution in [3.63, 3.8) is 0 Å². The van der Waals surface area contributed by atoms with Crippen LogP contribution in [0.4, 0.5) is 0 Å². The maximum Gasteiger partial charge on any atom is 0.0876 e. The highest BCUT2D eigenvalue weighted by Crippen LogP contribution is 2.27. The molecule has 3 heteroatoms. The molecule has 1 N–H and O–H groups in total. The first-order valence-electron chi connectivity index (χ1n) is 5.44. The van der Waals surface area contributed by atoms with Gasteiger partial charge in [-0.3, -0.25) is 0 Å². The van der Waals surface area contributed by atoms with Crippen LogP contribution in [0.5, 0.6) is 0 Å². The first-order valence-corrected chi connectivity index (χ1v) is 5.44. The molecule has 2 rings (SSSR count). The molecule has 0 saturated carbocycles. The third-order valence-corrected chi connectivity index (χ3v) is 3.05. The molecule has 3 nitrogen and oxygen atoms in total. The van der Waals surface area contributed by atoms with Gasteiger partial charge in [0.2, 0.25) is 0 Å². The predicted octanol–water partition coefficient (Wildman–Crippen LogP) is 1.47. The van der Waals surface area contributed by atoms with Gasteiger partial charge in [-0.15, -0.1) is 0 Å². The highest BCUT2D eigenvalue weighted by atomic mass is 16.5. The van der Waals surface area contributed by atoms with Crippen molar-refractivity contribution in [3.8, 4) is 0 Å². The molecule has 2 heterocycles. The van der Waals surface area contributed by atoms with Gasteiger partial charge in [0.1, 0.15) is 0 Å². The third-order valence-electron chi connectivity index (χ3n) is 3.05. The minimum Gasteiger partial charge on any atom is -0.501 e. The monoisotopic (exact) mass is 198 g/mol. The second kappa shape index (κ2) is 4.80. The Morgan fingerprint density at radius 1 is 1.29 bits per heavy atom. The normalized spacial score (nSPS) is 26.5. The van der Waals surface area contributed by atoms with Gasteiger partial charge in [-0.05, 0) is 37.2 Å². The van der Waals surface area contributed by atoms with Crippen LogP contribution in [-0.2, 0) is 9.47 Å². The molecule has 1 atom stereocenters. The molecule has 0 radical (unpaired) electrons. The second-order valence-electron chi connectivity index (χ2n) is 4.06. The summed E-state index contributed by atoms with van der Waals surface area (Å²) in [5.41, 5.74) is 1.07. The largest absolute Gasteiger partial charge is 0.501 e. The van der Waals surface area contributed by atoms with E-state index in [-0.39, 0.29) is 6.10 Å². The highest BCUT2D eigenvalue weighted by molar-refractivity contribution is 5.08.